The Hall–Kier alpha value is -6.92. The van der Waals surface area contributed by atoms with Crippen molar-refractivity contribution in [2.24, 2.45) is 0 Å². The van der Waals surface area contributed by atoms with Gasteiger partial charge < -0.3 is 9.13 Å². The lowest BCUT2D eigenvalue weighted by Crippen LogP contribution is -1.95. The third-order valence-corrected chi connectivity index (χ3v) is 9.63. The number of para-hydroxylation sites is 2. The van der Waals surface area contributed by atoms with Crippen LogP contribution in [0.15, 0.2) is 171 Å². The van der Waals surface area contributed by atoms with E-state index in [-0.39, 0.29) is 0 Å². The summed E-state index contributed by atoms with van der Waals surface area (Å²) in [6.45, 7) is 0. The maximum atomic E-state index is 4.83. The van der Waals surface area contributed by atoms with Crippen LogP contribution in [0.5, 0.6) is 0 Å². The van der Waals surface area contributed by atoms with Crippen molar-refractivity contribution in [1.29, 1.82) is 0 Å². The van der Waals surface area contributed by atoms with Gasteiger partial charge in [0, 0.05) is 81.2 Å². The number of hydrogen-bond donors (Lipinski definition) is 0. The summed E-state index contributed by atoms with van der Waals surface area (Å²) in [6, 6.07) is 46.7. The monoisotopic (exact) mass is 640 g/mol. The van der Waals surface area contributed by atoms with Crippen LogP contribution in [0.4, 0.5) is 0 Å². The molecule has 4 aromatic carbocycles. The van der Waals surface area contributed by atoms with Gasteiger partial charge >= 0.3 is 0 Å². The second-order valence-electron chi connectivity index (χ2n) is 12.5. The highest BCUT2D eigenvalue weighted by Crippen LogP contribution is 2.34. The number of rotatable bonds is 5. The fourth-order valence-corrected chi connectivity index (χ4v) is 7.25. The Labute approximate surface area is 287 Å². The van der Waals surface area contributed by atoms with E-state index < -0.39 is 0 Å². The fraction of sp³-hybridized carbons (Fsp3) is 0. The molecule has 234 valence electrons. The minimum Gasteiger partial charge on any atom is -0.309 e. The third kappa shape index (κ3) is 4.50. The molecule has 6 heteroatoms. The number of pyridine rings is 4. The summed E-state index contributed by atoms with van der Waals surface area (Å²) >= 11 is 0. The van der Waals surface area contributed by atoms with Crippen LogP contribution in [-0.2, 0) is 0 Å². The van der Waals surface area contributed by atoms with Crippen LogP contribution in [0.2, 0.25) is 0 Å². The molecule has 0 bridgehead atoms. The average Bonchev–Trinajstić information content (AvgIpc) is 3.71. The topological polar surface area (TPSA) is 61.4 Å². The van der Waals surface area contributed by atoms with Crippen molar-refractivity contribution >= 4 is 43.6 Å². The van der Waals surface area contributed by atoms with Crippen molar-refractivity contribution in [3.8, 4) is 45.0 Å². The van der Waals surface area contributed by atoms with Crippen LogP contribution >= 0.6 is 0 Å². The SMILES string of the molecule is c1cc(-c2ccc(-c3ccc(-c4ccc(-n5c6ccccc6c6cnccc65)cc4)cn3)nc2)cc(-n2c3ccccc3c3cnccc32)c1. The van der Waals surface area contributed by atoms with Gasteiger partial charge in [0.25, 0.3) is 0 Å². The highest BCUT2D eigenvalue weighted by Gasteiger charge is 2.14. The molecule has 0 N–H and O–H groups in total. The molecule has 0 aliphatic rings. The lowest BCUT2D eigenvalue weighted by molar-refractivity contribution is 1.17. The van der Waals surface area contributed by atoms with E-state index in [0.29, 0.717) is 0 Å². The predicted molar refractivity (Wildman–Crippen MR) is 203 cm³/mol. The van der Waals surface area contributed by atoms with E-state index in [2.05, 4.69) is 140 Å². The largest absolute Gasteiger partial charge is 0.309 e. The Morgan fingerprint density at radius 2 is 0.860 bits per heavy atom. The van der Waals surface area contributed by atoms with Crippen LogP contribution in [0, 0.1) is 0 Å². The van der Waals surface area contributed by atoms with Gasteiger partial charge in [0.2, 0.25) is 0 Å². The number of aromatic nitrogens is 6. The van der Waals surface area contributed by atoms with Crippen molar-refractivity contribution in [2.45, 2.75) is 0 Å². The quantitative estimate of drug-likeness (QED) is 0.188. The molecular formula is C44H28N6. The first-order chi connectivity index (χ1) is 24.8. The maximum absolute atomic E-state index is 4.83. The molecule has 10 aromatic rings. The van der Waals surface area contributed by atoms with Gasteiger partial charge in [-0.25, -0.2) is 0 Å². The van der Waals surface area contributed by atoms with Crippen molar-refractivity contribution in [3.05, 3.63) is 171 Å². The molecule has 10 rings (SSSR count). The van der Waals surface area contributed by atoms with Gasteiger partial charge in [0.15, 0.2) is 0 Å². The second kappa shape index (κ2) is 11.4. The Bertz CT molecular complexity index is 2740. The molecule has 6 nitrogen and oxygen atoms in total. The maximum Gasteiger partial charge on any atom is 0.0886 e. The zero-order chi connectivity index (χ0) is 33.0. The molecule has 0 saturated heterocycles. The summed E-state index contributed by atoms with van der Waals surface area (Å²) in [7, 11) is 0. The summed E-state index contributed by atoms with van der Waals surface area (Å²) in [5, 5.41) is 4.69. The summed E-state index contributed by atoms with van der Waals surface area (Å²) in [6.07, 6.45) is 11.5. The smallest absolute Gasteiger partial charge is 0.0886 e. The van der Waals surface area contributed by atoms with Gasteiger partial charge in [-0.05, 0) is 71.8 Å². The van der Waals surface area contributed by atoms with Gasteiger partial charge in [-0.1, -0.05) is 72.8 Å². The van der Waals surface area contributed by atoms with E-state index in [9.17, 15) is 0 Å². The molecule has 0 fully saturated rings. The molecule has 0 aliphatic carbocycles. The van der Waals surface area contributed by atoms with E-state index in [1.165, 1.54) is 16.3 Å². The van der Waals surface area contributed by atoms with Gasteiger partial charge in [0.1, 0.15) is 0 Å². The molecule has 0 spiro atoms. The lowest BCUT2D eigenvalue weighted by atomic mass is 10.0. The van der Waals surface area contributed by atoms with E-state index in [0.717, 1.165) is 72.3 Å². The minimum atomic E-state index is 0.836. The molecule has 0 saturated carbocycles. The van der Waals surface area contributed by atoms with Crippen LogP contribution in [-0.4, -0.2) is 29.1 Å². The van der Waals surface area contributed by atoms with E-state index >= 15 is 0 Å². The third-order valence-electron chi connectivity index (χ3n) is 9.63. The van der Waals surface area contributed by atoms with Crippen LogP contribution in [0.25, 0.3) is 88.6 Å². The Morgan fingerprint density at radius 1 is 0.340 bits per heavy atom. The van der Waals surface area contributed by atoms with E-state index in [1.54, 1.807) is 0 Å². The highest BCUT2D eigenvalue weighted by molar-refractivity contribution is 6.09. The molecular weight excluding hydrogens is 613 g/mol. The fourth-order valence-electron chi connectivity index (χ4n) is 7.25. The molecule has 0 amide bonds. The van der Waals surface area contributed by atoms with Crippen molar-refractivity contribution < 1.29 is 0 Å². The average molecular weight is 641 g/mol. The first kappa shape index (κ1) is 28.1. The minimum absolute atomic E-state index is 0.836. The highest BCUT2D eigenvalue weighted by atomic mass is 15.0. The number of benzene rings is 4. The number of nitrogens with zero attached hydrogens (tertiary/aromatic N) is 6. The zero-order valence-corrected chi connectivity index (χ0v) is 26.8. The summed E-state index contributed by atoms with van der Waals surface area (Å²) in [4.78, 5) is 18.4. The summed E-state index contributed by atoms with van der Waals surface area (Å²) in [5.74, 6) is 0. The van der Waals surface area contributed by atoms with Crippen molar-refractivity contribution in [1.82, 2.24) is 29.1 Å². The van der Waals surface area contributed by atoms with E-state index in [4.69, 9.17) is 9.97 Å². The second-order valence-corrected chi connectivity index (χ2v) is 12.5. The molecule has 0 radical (unpaired) electrons. The molecule has 0 aliphatic heterocycles. The molecule has 6 heterocycles. The Balaban J connectivity index is 0.920. The summed E-state index contributed by atoms with van der Waals surface area (Å²) < 4.78 is 4.60. The van der Waals surface area contributed by atoms with E-state index in [1.807, 2.05) is 49.3 Å². The standard InChI is InChI=1S/C44H28N6/c1-3-10-41-35(8-1)37-27-45-22-20-43(37)49(41)33-16-12-29(13-17-33)31-14-18-39(47-25-31)40-19-15-32(26-48-40)30-6-5-7-34(24-30)50-42-11-4-2-9-36(42)38-28-46-23-21-44(38)50/h1-28H. The van der Waals surface area contributed by atoms with Gasteiger partial charge in [-0.2, -0.15) is 0 Å². The van der Waals surface area contributed by atoms with Crippen LogP contribution in [0.3, 0.4) is 0 Å². The molecule has 50 heavy (non-hydrogen) atoms. The first-order valence-electron chi connectivity index (χ1n) is 16.6. The Morgan fingerprint density at radius 3 is 1.44 bits per heavy atom. The summed E-state index contributed by atoms with van der Waals surface area (Å²) in [5.41, 5.74) is 12.8. The van der Waals surface area contributed by atoms with Crippen LogP contribution in [0.1, 0.15) is 0 Å². The predicted octanol–water partition coefficient (Wildman–Crippen LogP) is 10.5. The number of fused-ring (bicyclic) bond motifs is 6. The number of hydrogen-bond acceptors (Lipinski definition) is 4. The van der Waals surface area contributed by atoms with Gasteiger partial charge in [0.05, 0.1) is 33.5 Å². The molecule has 0 atom stereocenters. The normalized spacial score (nSPS) is 11.6. The first-order valence-corrected chi connectivity index (χ1v) is 16.6. The van der Waals surface area contributed by atoms with Crippen molar-refractivity contribution in [2.75, 3.05) is 0 Å². The van der Waals surface area contributed by atoms with Gasteiger partial charge in [-0.15, -0.1) is 0 Å². The zero-order valence-electron chi connectivity index (χ0n) is 26.8. The van der Waals surface area contributed by atoms with Crippen LogP contribution < -0.4 is 0 Å². The van der Waals surface area contributed by atoms with Gasteiger partial charge in [-0.3, -0.25) is 19.9 Å². The Kier molecular flexibility index (Phi) is 6.39. The molecule has 0 unspecified atom stereocenters. The molecule has 6 aromatic heterocycles. The lowest BCUT2D eigenvalue weighted by Gasteiger charge is -2.11. The van der Waals surface area contributed by atoms with Crippen molar-refractivity contribution in [3.63, 3.8) is 0 Å².